The van der Waals surface area contributed by atoms with Crippen molar-refractivity contribution < 1.29 is 4.79 Å². The SMILES string of the molecule is NCCCC[C@H](N)C(=O)Nc1ccc(C2c3ccc([nH]3)C(c3ccc(N)cc3)=C3C=CC(=N3)C(c3ccc(N)cc3)=c3ccc([nH]3)=C(c3ccc(N)cc3)c3ccc2[nH]3)cc1. The second kappa shape index (κ2) is 16.6. The van der Waals surface area contributed by atoms with Gasteiger partial charge in [0, 0.05) is 72.9 Å². The van der Waals surface area contributed by atoms with E-state index in [4.69, 9.17) is 33.7 Å². The van der Waals surface area contributed by atoms with Gasteiger partial charge in [0.2, 0.25) is 5.91 Å². The monoisotopic (exact) mass is 804 g/mol. The molecule has 4 aromatic carbocycles. The number of fused-ring (bicyclic) bond motifs is 7. The van der Waals surface area contributed by atoms with Gasteiger partial charge < -0.3 is 48.9 Å². The number of hydrogen-bond acceptors (Lipinski definition) is 7. The highest BCUT2D eigenvalue weighted by Gasteiger charge is 2.25. The zero-order chi connectivity index (χ0) is 42.0. The summed E-state index contributed by atoms with van der Waals surface area (Å²) in [6.45, 7) is 0.576. The molecule has 1 amide bonds. The Morgan fingerprint density at radius 2 is 1.11 bits per heavy atom. The smallest absolute Gasteiger partial charge is 0.241 e. The number of nitrogens with one attached hydrogen (secondary N) is 4. The molecule has 2 aliphatic heterocycles. The second-order valence-corrected chi connectivity index (χ2v) is 15.6. The molecule has 11 heteroatoms. The molecule has 7 aromatic rings. The van der Waals surface area contributed by atoms with Crippen molar-refractivity contribution in [2.75, 3.05) is 29.1 Å². The van der Waals surface area contributed by atoms with Gasteiger partial charge in [0.25, 0.3) is 0 Å². The number of rotatable bonds is 10. The van der Waals surface area contributed by atoms with Crippen molar-refractivity contribution in [2.24, 2.45) is 16.5 Å². The Labute approximate surface area is 353 Å². The second-order valence-electron chi connectivity index (χ2n) is 15.6. The van der Waals surface area contributed by atoms with Crippen LogP contribution < -0.4 is 44.7 Å². The molecule has 0 saturated carbocycles. The van der Waals surface area contributed by atoms with E-state index in [1.165, 1.54) is 0 Å². The molecule has 0 fully saturated rings. The van der Waals surface area contributed by atoms with E-state index in [0.29, 0.717) is 35.7 Å². The Kier molecular flexibility index (Phi) is 10.6. The lowest BCUT2D eigenvalue weighted by atomic mass is 9.92. The first kappa shape index (κ1) is 38.9. The number of aromatic amines is 3. The van der Waals surface area contributed by atoms with Crippen molar-refractivity contribution in [3.63, 3.8) is 0 Å². The van der Waals surface area contributed by atoms with Crippen LogP contribution in [0.15, 0.2) is 156 Å². The molecular formula is C50H48N10O. The number of anilines is 4. The first-order valence-electron chi connectivity index (χ1n) is 20.5. The number of hydrogen-bond donors (Lipinski definition) is 9. The van der Waals surface area contributed by atoms with E-state index in [9.17, 15) is 4.79 Å². The number of aromatic nitrogens is 3. The van der Waals surface area contributed by atoms with E-state index >= 15 is 0 Å². The van der Waals surface area contributed by atoms with Crippen LogP contribution in [-0.4, -0.2) is 39.2 Å². The fourth-order valence-electron chi connectivity index (χ4n) is 8.23. The summed E-state index contributed by atoms with van der Waals surface area (Å²) in [5.41, 5.74) is 45.3. The largest absolute Gasteiger partial charge is 0.399 e. The lowest BCUT2D eigenvalue weighted by Gasteiger charge is -2.18. The zero-order valence-corrected chi connectivity index (χ0v) is 33.6. The predicted octanol–water partition coefficient (Wildman–Crippen LogP) is 6.22. The molecule has 1 unspecified atom stereocenters. The Hall–Kier alpha value is -7.60. The van der Waals surface area contributed by atoms with Crippen LogP contribution in [0, 0.1) is 0 Å². The van der Waals surface area contributed by atoms with E-state index in [1.54, 1.807) is 0 Å². The average Bonchev–Trinajstić information content (AvgIpc) is 4.12. The molecule has 11 nitrogen and oxygen atoms in total. The molecule has 5 heterocycles. The van der Waals surface area contributed by atoms with E-state index in [0.717, 1.165) is 96.7 Å². The van der Waals surface area contributed by atoms with E-state index in [2.05, 4.69) is 68.8 Å². The number of carbonyl (C=O) groups is 1. The van der Waals surface area contributed by atoms with E-state index in [-0.39, 0.29) is 11.8 Å². The van der Waals surface area contributed by atoms with Gasteiger partial charge >= 0.3 is 0 Å². The molecule has 0 spiro atoms. The van der Waals surface area contributed by atoms with Gasteiger partial charge in [-0.05, 0) is 139 Å². The molecule has 14 N–H and O–H groups in total. The highest BCUT2D eigenvalue weighted by Crippen LogP contribution is 2.37. The number of nitrogens with two attached hydrogens (primary N) is 5. The standard InChI is InChI=1S/C50H48N10O/c51-28-2-1-3-37(55)50(61)56-36-18-10-32(11-19-36)49-44-26-24-42(59-44)47(30-6-14-34(53)15-7-30)40-22-20-38(57-40)46(29-4-12-33(52)13-5-29)39-21-23-41(58-39)48(43-25-27-45(49)60-43)31-8-16-35(54)17-9-31/h4-27,37,49,57,59-60H,1-3,28,51-55H2,(H,56,61)/t37-,49?/m0/s1. The third kappa shape index (κ3) is 7.95. The Morgan fingerprint density at radius 1 is 0.590 bits per heavy atom. The van der Waals surface area contributed by atoms with Gasteiger partial charge in [0.1, 0.15) is 0 Å². The van der Waals surface area contributed by atoms with Crippen LogP contribution in [0.4, 0.5) is 22.7 Å². The average molecular weight is 805 g/mol. The third-order valence-corrected chi connectivity index (χ3v) is 11.4. The topological polar surface area (TPSA) is 219 Å². The van der Waals surface area contributed by atoms with Crippen molar-refractivity contribution in [3.05, 3.63) is 207 Å². The Morgan fingerprint density at radius 3 is 1.69 bits per heavy atom. The molecule has 61 heavy (non-hydrogen) atoms. The summed E-state index contributed by atoms with van der Waals surface area (Å²) in [5, 5.41) is 4.81. The number of nitrogens with zero attached hydrogens (tertiary/aromatic N) is 1. The summed E-state index contributed by atoms with van der Waals surface area (Å²) in [5.74, 6) is -0.476. The van der Waals surface area contributed by atoms with Gasteiger partial charge in [0.15, 0.2) is 0 Å². The quantitative estimate of drug-likeness (QED) is 0.0577. The molecule has 9 rings (SSSR count). The molecule has 304 valence electrons. The highest BCUT2D eigenvalue weighted by atomic mass is 16.2. The first-order chi connectivity index (χ1) is 29.7. The molecule has 0 aliphatic carbocycles. The predicted molar refractivity (Wildman–Crippen MR) is 248 cm³/mol. The van der Waals surface area contributed by atoms with Crippen molar-refractivity contribution in [3.8, 4) is 0 Å². The van der Waals surface area contributed by atoms with E-state index in [1.807, 2.05) is 97.1 Å². The molecule has 2 aliphatic rings. The number of amides is 1. The summed E-state index contributed by atoms with van der Waals surface area (Å²) in [7, 11) is 0. The third-order valence-electron chi connectivity index (χ3n) is 11.4. The molecular weight excluding hydrogens is 757 g/mol. The molecule has 3 aromatic heterocycles. The summed E-state index contributed by atoms with van der Waals surface area (Å²) in [6, 6.07) is 43.7. The number of aliphatic imine (C=N–C) groups is 1. The Bertz CT molecular complexity index is 2940. The fraction of sp³-hybridized carbons (Fsp3) is 0.120. The number of H-pyrrole nitrogens is 3. The number of unbranched alkanes of at least 4 members (excludes halogenated alkanes) is 1. The fourth-order valence-corrected chi connectivity index (χ4v) is 8.23. The maximum absolute atomic E-state index is 13.0. The number of carbonyl (C=O) groups excluding carboxylic acids is 1. The van der Waals surface area contributed by atoms with Crippen LogP contribution in [0.25, 0.3) is 16.7 Å². The summed E-state index contributed by atoms with van der Waals surface area (Å²) in [4.78, 5) is 29.8. The van der Waals surface area contributed by atoms with Crippen molar-refractivity contribution in [2.45, 2.75) is 31.2 Å². The van der Waals surface area contributed by atoms with Gasteiger partial charge in [-0.2, -0.15) is 0 Å². The van der Waals surface area contributed by atoms with Gasteiger partial charge in [-0.3, -0.25) is 4.79 Å². The lowest BCUT2D eigenvalue weighted by molar-refractivity contribution is -0.117. The maximum atomic E-state index is 13.0. The van der Waals surface area contributed by atoms with E-state index < -0.39 is 6.04 Å². The normalized spacial score (nSPS) is 15.2. The number of nitrogen functional groups attached to an aromatic ring is 3. The zero-order valence-electron chi connectivity index (χ0n) is 33.6. The number of benzene rings is 4. The molecule has 0 radical (unpaired) electrons. The van der Waals surface area contributed by atoms with Crippen LogP contribution in [-0.2, 0) is 4.79 Å². The lowest BCUT2D eigenvalue weighted by Crippen LogP contribution is -2.35. The van der Waals surface area contributed by atoms with Gasteiger partial charge in [-0.15, -0.1) is 0 Å². The van der Waals surface area contributed by atoms with Crippen LogP contribution in [0.2, 0.25) is 0 Å². The number of allylic oxidation sites excluding steroid dienone is 2. The van der Waals surface area contributed by atoms with Crippen molar-refractivity contribution in [1.29, 1.82) is 0 Å². The van der Waals surface area contributed by atoms with Crippen LogP contribution in [0.1, 0.15) is 70.2 Å². The van der Waals surface area contributed by atoms with Crippen LogP contribution in [0.5, 0.6) is 0 Å². The summed E-state index contributed by atoms with van der Waals surface area (Å²) in [6.07, 6.45) is 6.34. The van der Waals surface area contributed by atoms with Gasteiger partial charge in [-0.25, -0.2) is 4.99 Å². The van der Waals surface area contributed by atoms with Gasteiger partial charge in [-0.1, -0.05) is 55.0 Å². The maximum Gasteiger partial charge on any atom is 0.241 e. The molecule has 8 bridgehead atoms. The minimum Gasteiger partial charge on any atom is -0.399 e. The minimum atomic E-state index is -0.613. The minimum absolute atomic E-state index is 0.219. The summed E-state index contributed by atoms with van der Waals surface area (Å²) < 4.78 is 0. The van der Waals surface area contributed by atoms with Crippen LogP contribution in [0.3, 0.4) is 0 Å². The van der Waals surface area contributed by atoms with Crippen molar-refractivity contribution >= 4 is 51.1 Å². The first-order valence-corrected chi connectivity index (χ1v) is 20.5. The molecule has 2 atom stereocenters. The van der Waals surface area contributed by atoms with Crippen molar-refractivity contribution in [1.82, 2.24) is 15.0 Å². The summed E-state index contributed by atoms with van der Waals surface area (Å²) >= 11 is 0. The highest BCUT2D eigenvalue weighted by molar-refractivity contribution is 6.30. The van der Waals surface area contributed by atoms with Crippen LogP contribution >= 0.6 is 0 Å². The van der Waals surface area contributed by atoms with Gasteiger partial charge in [0.05, 0.1) is 23.4 Å². The Balaban J connectivity index is 1.26. The molecule has 0 saturated heterocycles.